The van der Waals surface area contributed by atoms with E-state index in [1.807, 2.05) is 51.1 Å². The smallest absolute Gasteiger partial charge is 0.308 e. The van der Waals surface area contributed by atoms with Gasteiger partial charge in [-0.1, -0.05) is 51.1 Å². The summed E-state index contributed by atoms with van der Waals surface area (Å²) in [6, 6.07) is 15.9. The molecule has 0 saturated heterocycles. The standard InChI is InChI=1S/C19H22N2O2/c1-19(2,3)13-17(22)14-8-7-11-16(12-14)21-18(23)20-15-9-5-4-6-10-15/h4-12H,13H2,1-3H3,(H2,20,21,23). The van der Waals surface area contributed by atoms with Crippen LogP contribution in [0.1, 0.15) is 37.6 Å². The number of hydrogen-bond acceptors (Lipinski definition) is 2. The number of ketones is 1. The highest BCUT2D eigenvalue weighted by molar-refractivity contribution is 6.01. The Bertz CT molecular complexity index is 688. The third-order valence-corrected chi connectivity index (χ3v) is 3.16. The molecule has 0 aliphatic rings. The lowest BCUT2D eigenvalue weighted by Gasteiger charge is -2.17. The van der Waals surface area contributed by atoms with Crippen LogP contribution in [0.4, 0.5) is 16.2 Å². The molecule has 0 aromatic heterocycles. The SMILES string of the molecule is CC(C)(C)CC(=O)c1cccc(NC(=O)Nc2ccccc2)c1. The first-order valence-electron chi connectivity index (χ1n) is 7.60. The van der Waals surface area contributed by atoms with Crippen molar-refractivity contribution in [2.45, 2.75) is 27.2 Å². The zero-order valence-corrected chi connectivity index (χ0v) is 13.7. The quantitative estimate of drug-likeness (QED) is 0.785. The second-order valence-electron chi connectivity index (χ2n) is 6.69. The fourth-order valence-electron chi connectivity index (χ4n) is 2.17. The van der Waals surface area contributed by atoms with E-state index in [2.05, 4.69) is 10.6 Å². The Hall–Kier alpha value is -2.62. The van der Waals surface area contributed by atoms with Gasteiger partial charge in [-0.3, -0.25) is 4.79 Å². The number of benzene rings is 2. The lowest BCUT2D eigenvalue weighted by molar-refractivity contribution is 0.0940. The van der Waals surface area contributed by atoms with Crippen molar-refractivity contribution in [3.63, 3.8) is 0 Å². The molecule has 23 heavy (non-hydrogen) atoms. The number of rotatable bonds is 4. The predicted molar refractivity (Wildman–Crippen MR) is 93.9 cm³/mol. The summed E-state index contributed by atoms with van der Waals surface area (Å²) in [6.45, 7) is 6.08. The summed E-state index contributed by atoms with van der Waals surface area (Å²) in [6.07, 6.45) is 0.465. The number of nitrogens with one attached hydrogen (secondary N) is 2. The van der Waals surface area contributed by atoms with E-state index in [0.29, 0.717) is 23.4 Å². The maximum absolute atomic E-state index is 12.3. The molecule has 0 atom stereocenters. The Balaban J connectivity index is 2.02. The number of carbonyl (C=O) groups is 2. The highest BCUT2D eigenvalue weighted by Gasteiger charge is 2.17. The van der Waals surface area contributed by atoms with Crippen molar-refractivity contribution >= 4 is 23.2 Å². The van der Waals surface area contributed by atoms with Gasteiger partial charge in [0.25, 0.3) is 0 Å². The minimum Gasteiger partial charge on any atom is -0.308 e. The molecule has 0 saturated carbocycles. The van der Waals surface area contributed by atoms with Crippen LogP contribution in [0.15, 0.2) is 54.6 Å². The minimum atomic E-state index is -0.336. The first-order valence-corrected chi connectivity index (χ1v) is 7.60. The fourth-order valence-corrected chi connectivity index (χ4v) is 2.17. The van der Waals surface area contributed by atoms with Gasteiger partial charge in [-0.15, -0.1) is 0 Å². The monoisotopic (exact) mass is 310 g/mol. The highest BCUT2D eigenvalue weighted by Crippen LogP contribution is 2.22. The number of para-hydroxylation sites is 1. The van der Waals surface area contributed by atoms with Gasteiger partial charge in [0.05, 0.1) is 0 Å². The number of hydrogen-bond donors (Lipinski definition) is 2. The van der Waals surface area contributed by atoms with E-state index in [4.69, 9.17) is 0 Å². The average Bonchev–Trinajstić information content (AvgIpc) is 2.46. The molecule has 0 unspecified atom stereocenters. The largest absolute Gasteiger partial charge is 0.323 e. The van der Waals surface area contributed by atoms with Crippen molar-refractivity contribution < 1.29 is 9.59 Å². The second-order valence-corrected chi connectivity index (χ2v) is 6.69. The third-order valence-electron chi connectivity index (χ3n) is 3.16. The summed E-state index contributed by atoms with van der Waals surface area (Å²) in [5.74, 6) is 0.0737. The van der Waals surface area contributed by atoms with E-state index < -0.39 is 0 Å². The van der Waals surface area contributed by atoms with Crippen LogP contribution in [-0.4, -0.2) is 11.8 Å². The van der Waals surface area contributed by atoms with Gasteiger partial charge in [0.15, 0.2) is 5.78 Å². The first kappa shape index (κ1) is 16.7. The van der Waals surface area contributed by atoms with Crippen LogP contribution < -0.4 is 10.6 Å². The molecule has 0 spiro atoms. The van der Waals surface area contributed by atoms with Crippen LogP contribution in [-0.2, 0) is 0 Å². The molecule has 0 heterocycles. The third kappa shape index (κ3) is 5.58. The Labute approximate surface area is 136 Å². The fraction of sp³-hybridized carbons (Fsp3) is 0.263. The van der Waals surface area contributed by atoms with Gasteiger partial charge >= 0.3 is 6.03 Å². The topological polar surface area (TPSA) is 58.2 Å². The van der Waals surface area contributed by atoms with Crippen molar-refractivity contribution in [2.75, 3.05) is 10.6 Å². The zero-order valence-electron chi connectivity index (χ0n) is 13.7. The van der Waals surface area contributed by atoms with Gasteiger partial charge in [-0.2, -0.15) is 0 Å². The first-order chi connectivity index (χ1) is 10.8. The van der Waals surface area contributed by atoms with Crippen LogP contribution in [0.25, 0.3) is 0 Å². The Morgan fingerprint density at radius 1 is 0.870 bits per heavy atom. The maximum atomic E-state index is 12.3. The number of amides is 2. The number of Topliss-reactive ketones (excluding diaryl/α,β-unsaturated/α-hetero) is 1. The lowest BCUT2D eigenvalue weighted by atomic mass is 9.88. The number of anilines is 2. The van der Waals surface area contributed by atoms with Crippen molar-refractivity contribution in [3.8, 4) is 0 Å². The average molecular weight is 310 g/mol. The van der Waals surface area contributed by atoms with Crippen LogP contribution in [0.2, 0.25) is 0 Å². The minimum absolute atomic E-state index is 0.0643. The molecular formula is C19H22N2O2. The summed E-state index contributed by atoms with van der Waals surface area (Å²) in [5.41, 5.74) is 1.85. The predicted octanol–water partition coefficient (Wildman–Crippen LogP) is 4.95. The molecule has 2 amide bonds. The molecule has 0 fully saturated rings. The van der Waals surface area contributed by atoms with Gasteiger partial charge in [-0.05, 0) is 29.7 Å². The molecule has 4 nitrogen and oxygen atoms in total. The van der Waals surface area contributed by atoms with E-state index in [1.54, 1.807) is 24.3 Å². The van der Waals surface area contributed by atoms with Crippen molar-refractivity contribution in [1.29, 1.82) is 0 Å². The Morgan fingerprint density at radius 2 is 1.48 bits per heavy atom. The molecule has 4 heteroatoms. The van der Waals surface area contributed by atoms with Crippen LogP contribution >= 0.6 is 0 Å². The molecule has 2 rings (SSSR count). The van der Waals surface area contributed by atoms with Crippen molar-refractivity contribution in [1.82, 2.24) is 0 Å². The molecule has 2 N–H and O–H groups in total. The molecule has 120 valence electrons. The molecule has 2 aromatic carbocycles. The molecular weight excluding hydrogens is 288 g/mol. The van der Waals surface area contributed by atoms with Gasteiger partial charge < -0.3 is 10.6 Å². The molecule has 0 radical (unpaired) electrons. The van der Waals surface area contributed by atoms with E-state index in [0.717, 1.165) is 0 Å². The lowest BCUT2D eigenvalue weighted by Crippen LogP contribution is -2.19. The van der Waals surface area contributed by atoms with E-state index in [9.17, 15) is 9.59 Å². The van der Waals surface area contributed by atoms with E-state index >= 15 is 0 Å². The number of urea groups is 1. The second kappa shape index (κ2) is 7.09. The highest BCUT2D eigenvalue weighted by atomic mass is 16.2. The summed E-state index contributed by atoms with van der Waals surface area (Å²) in [4.78, 5) is 24.2. The molecule has 0 aliphatic carbocycles. The van der Waals surface area contributed by atoms with Crippen LogP contribution in [0.5, 0.6) is 0 Å². The maximum Gasteiger partial charge on any atom is 0.323 e. The van der Waals surface area contributed by atoms with Crippen LogP contribution in [0, 0.1) is 5.41 Å². The molecule has 2 aromatic rings. The number of carbonyl (C=O) groups excluding carboxylic acids is 2. The molecule has 0 aliphatic heterocycles. The van der Waals surface area contributed by atoms with E-state index in [-0.39, 0.29) is 17.2 Å². The summed E-state index contributed by atoms with van der Waals surface area (Å²) < 4.78 is 0. The van der Waals surface area contributed by atoms with Gasteiger partial charge in [-0.25, -0.2) is 4.79 Å². The summed E-state index contributed by atoms with van der Waals surface area (Å²) in [7, 11) is 0. The van der Waals surface area contributed by atoms with Crippen LogP contribution in [0.3, 0.4) is 0 Å². The van der Waals surface area contributed by atoms with Gasteiger partial charge in [0.2, 0.25) is 0 Å². The molecule has 0 bridgehead atoms. The Kier molecular flexibility index (Phi) is 5.16. The van der Waals surface area contributed by atoms with Crippen molar-refractivity contribution in [3.05, 3.63) is 60.2 Å². The summed E-state index contributed by atoms with van der Waals surface area (Å²) >= 11 is 0. The summed E-state index contributed by atoms with van der Waals surface area (Å²) in [5, 5.41) is 5.49. The Morgan fingerprint density at radius 3 is 2.13 bits per heavy atom. The normalized spacial score (nSPS) is 10.9. The zero-order chi connectivity index (χ0) is 16.9. The van der Waals surface area contributed by atoms with Gasteiger partial charge in [0, 0.05) is 23.4 Å². The van der Waals surface area contributed by atoms with Gasteiger partial charge in [0.1, 0.15) is 0 Å². The van der Waals surface area contributed by atoms with E-state index in [1.165, 1.54) is 0 Å². The van der Waals surface area contributed by atoms with Crippen molar-refractivity contribution in [2.24, 2.45) is 5.41 Å².